The second-order valence-electron chi connectivity index (χ2n) is 35.1. The average molecular weight is 1850 g/mol. The van der Waals surface area contributed by atoms with Crippen LogP contribution in [0.5, 0.6) is 0 Å². The number of carbonyl (C=O) groups is 9. The first-order valence-electron chi connectivity index (χ1n) is 45.5. The Morgan fingerprint density at radius 3 is 1.07 bits per heavy atom. The number of sulfonamides is 1. The molecule has 32 nitrogen and oxygen atoms in total. The predicted octanol–water partition coefficient (Wildman–Crippen LogP) is 15.6. The van der Waals surface area contributed by atoms with E-state index in [-0.39, 0.29) is 41.1 Å². The minimum absolute atomic E-state index is 0.0643. The number of hydrogen-bond acceptors (Lipinski definition) is 14. The molecule has 20 rings (SSSR count). The van der Waals surface area contributed by atoms with Gasteiger partial charge in [-0.25, -0.2) is 51.5 Å². The number of fused-ring (bicyclic) bond motifs is 8. The van der Waals surface area contributed by atoms with Gasteiger partial charge in [0.1, 0.15) is 45.6 Å². The van der Waals surface area contributed by atoms with E-state index in [1.165, 1.54) is 45.9 Å². The number of carbonyl (C=O) groups excluding carboxylic acids is 1. The molecule has 0 spiro atoms. The first-order valence-corrected chi connectivity index (χ1v) is 47.3. The maximum absolute atomic E-state index is 11.1. The van der Waals surface area contributed by atoms with Gasteiger partial charge in [-0.3, -0.25) is 4.79 Å². The first kappa shape index (κ1) is 97.7. The molecule has 8 aromatic heterocycles. The van der Waals surface area contributed by atoms with Crippen molar-refractivity contribution < 1.29 is 92.4 Å². The van der Waals surface area contributed by atoms with Crippen molar-refractivity contribution >= 4 is 63.7 Å². The Bertz CT molecular complexity index is 5960. The fourth-order valence-corrected chi connectivity index (χ4v) is 20.1. The number of aromatic amines is 8. The van der Waals surface area contributed by atoms with Crippen molar-refractivity contribution in [2.24, 2.45) is 5.92 Å². The van der Waals surface area contributed by atoms with Crippen LogP contribution in [0.2, 0.25) is 0 Å². The summed E-state index contributed by atoms with van der Waals surface area (Å²) in [4.78, 5) is 121. The Labute approximate surface area is 774 Å². The summed E-state index contributed by atoms with van der Waals surface area (Å²) in [6, 6.07) is 55.9. The second-order valence-corrected chi connectivity index (χ2v) is 36.8. The van der Waals surface area contributed by atoms with Crippen LogP contribution in [-0.4, -0.2) is 163 Å². The molecule has 0 fully saturated rings. The molecular formula is C101H117N13O19S. The van der Waals surface area contributed by atoms with Crippen LogP contribution in [0.15, 0.2) is 170 Å². The van der Waals surface area contributed by atoms with Crippen molar-refractivity contribution in [1.82, 2.24) is 65.9 Å². The van der Waals surface area contributed by atoms with Gasteiger partial charge in [0.2, 0.25) is 15.9 Å². The zero-order valence-electron chi connectivity index (χ0n) is 75.2. The molecule has 0 aliphatic heterocycles. The molecule has 0 bridgehead atoms. The summed E-state index contributed by atoms with van der Waals surface area (Å²) in [5, 5.41) is 83.8. The molecule has 33 heteroatoms. The lowest BCUT2D eigenvalue weighted by Gasteiger charge is -2.12. The number of aromatic carboxylic acids is 8. The molecule has 8 aliphatic carbocycles. The summed E-state index contributed by atoms with van der Waals surface area (Å²) in [7, 11) is -1.39. The minimum Gasteiger partial charge on any atom is -0.477 e. The maximum atomic E-state index is 11.1. The van der Waals surface area contributed by atoms with Crippen LogP contribution in [0.1, 0.15) is 316 Å². The fraction of sp³-hybridized carbons (Fsp3) is 0.356. The summed E-state index contributed by atoms with van der Waals surface area (Å²) in [5.41, 5.74) is 24.4. The monoisotopic (exact) mass is 1850 g/mol. The molecule has 21 N–H and O–H groups in total. The maximum Gasteiger partial charge on any atom is 0.352 e. The molecule has 134 heavy (non-hydrogen) atoms. The van der Waals surface area contributed by atoms with Crippen LogP contribution in [-0.2, 0) is 98.4 Å². The number of carboxylic acid groups (broad SMARTS) is 8. The van der Waals surface area contributed by atoms with Crippen LogP contribution >= 0.6 is 0 Å². The van der Waals surface area contributed by atoms with Gasteiger partial charge in [0.25, 0.3) is 0 Å². The Kier molecular flexibility index (Phi) is 32.8. The number of benzene rings is 4. The third-order valence-corrected chi connectivity index (χ3v) is 26.6. The molecule has 4 aromatic carbocycles. The highest BCUT2D eigenvalue weighted by Gasteiger charge is 2.34. The quantitative estimate of drug-likeness (QED) is 0.0239. The zero-order chi connectivity index (χ0) is 95.4. The number of aromatic nitrogens is 8. The standard InChI is InChI=1S/3C16H17NO2.C15H16N2O2.C10H12N2O3.C10H14N2O2.C9H12N2O4S.C9H12N2O2/c18-16(19)15-10-13-8-12(9-14(13)17-15)7-6-11-4-2-1-3-5-11;18-16(19)15-10-13-12(8-9-14(13)17-15)7-6-11-4-2-1-3-5-11;18-16(19)14-10-13-9-8-12(15(13)17-14)7-6-11-4-2-1-3-5-11;18-15(19)13-8-11-6-7-12(14(11)17-13)16-9-10-4-2-1-3-5-10;1-5(13)11-7-3-2-6-4-8(10(14)15)12-9(6)7;1-2-11-7-4-3-6-5-8(10(13)14)12-9(6)7;1-16(14,15)11-6-3-2-5-4-7(9(12)13)10-8(5)6;1-10-6-3-2-5-4-7(9(12)13)11-8(5)6/h3*1-5,10,12,17H,6-9H2,(H,18,19);1-5,8,12,16-17H,6-7,9H2,(H,18,19);4,7,12H,2-3H2,1H3,(H,11,13)(H,14,15);5,7,11-12H,2-4H2,1H3,(H,13,14);4,6,10-11H,2-3H2,1H3,(H,12,13);4,6,10-11H,2-3H2,1H3,(H,12,13)/t4*12-;2*7-;2*6-/m10111111/s1. The molecular weight excluding hydrogens is 1730 g/mol. The van der Waals surface area contributed by atoms with Gasteiger partial charge in [0, 0.05) is 77.1 Å². The predicted molar refractivity (Wildman–Crippen MR) is 502 cm³/mol. The molecule has 8 atom stereocenters. The van der Waals surface area contributed by atoms with Crippen LogP contribution in [0, 0.1) is 5.92 Å². The first-order chi connectivity index (χ1) is 64.3. The minimum atomic E-state index is -3.28. The molecule has 8 aliphatic rings. The normalized spacial score (nSPS) is 18.3. The Hall–Kier alpha value is -13.9. The Morgan fingerprint density at radius 1 is 0.343 bits per heavy atom. The summed E-state index contributed by atoms with van der Waals surface area (Å²) in [5.74, 6) is -5.73. The molecule has 0 saturated carbocycles. The van der Waals surface area contributed by atoms with E-state index in [1.807, 2.05) is 49.5 Å². The van der Waals surface area contributed by atoms with Crippen LogP contribution in [0.4, 0.5) is 0 Å². The summed E-state index contributed by atoms with van der Waals surface area (Å²) < 4.78 is 24.7. The fourth-order valence-electron chi connectivity index (χ4n) is 19.3. The highest BCUT2D eigenvalue weighted by atomic mass is 32.2. The van der Waals surface area contributed by atoms with E-state index >= 15 is 0 Å². The van der Waals surface area contributed by atoms with Gasteiger partial charge in [0.15, 0.2) is 0 Å². The Balaban J connectivity index is 0.000000130. The number of aryl methyl sites for hydroxylation is 10. The van der Waals surface area contributed by atoms with Gasteiger partial charge < -0.3 is 102 Å². The van der Waals surface area contributed by atoms with E-state index in [4.69, 9.17) is 40.9 Å². The summed E-state index contributed by atoms with van der Waals surface area (Å²) >= 11 is 0. The van der Waals surface area contributed by atoms with Crippen molar-refractivity contribution in [2.75, 3.05) is 19.8 Å². The number of hydrogen-bond donors (Lipinski definition) is 21. The molecule has 0 saturated heterocycles. The number of carboxylic acids is 8. The van der Waals surface area contributed by atoms with E-state index in [0.717, 1.165) is 215 Å². The van der Waals surface area contributed by atoms with Gasteiger partial charge in [-0.2, -0.15) is 0 Å². The summed E-state index contributed by atoms with van der Waals surface area (Å²) in [6.45, 7) is 5.22. The average Bonchev–Trinajstić information content (AvgIpc) is 1.67. The smallest absolute Gasteiger partial charge is 0.352 e. The van der Waals surface area contributed by atoms with Gasteiger partial charge >= 0.3 is 47.8 Å². The number of rotatable bonds is 26. The highest BCUT2D eigenvalue weighted by Crippen LogP contribution is 2.41. The van der Waals surface area contributed by atoms with Crippen molar-refractivity contribution in [3.8, 4) is 0 Å². The number of H-pyrrole nitrogens is 8. The van der Waals surface area contributed by atoms with Gasteiger partial charge in [-0.1, -0.05) is 128 Å². The lowest BCUT2D eigenvalue weighted by atomic mass is 9.95. The van der Waals surface area contributed by atoms with E-state index in [2.05, 4.69) is 158 Å². The van der Waals surface area contributed by atoms with Crippen molar-refractivity contribution in [2.45, 2.75) is 204 Å². The third-order valence-electron chi connectivity index (χ3n) is 25.8. The lowest BCUT2D eigenvalue weighted by molar-refractivity contribution is -0.119. The second kappa shape index (κ2) is 45.0. The SMILES string of the molecule is CC(=O)N[C@@H]1CCc2cc(C(=O)O)[nH]c21.CCN[C@@H]1CCc2cc(C(=O)O)[nH]c21.CN[C@@H]1CCc2cc(C(=O)O)[nH]c21.CS(=O)(=O)N[C@@H]1CCc2cc(C(=O)O)[nH]c21.O=C(O)c1cc2c([nH]1)CC[C@@H]2CCc1ccccc1.O=C(O)c1cc2c([nH]1)C[C@H](CCc1ccccc1)C2.O=C(O)c1cc2c([nH]1)[C@H](CCc1ccccc1)CC2.O=C(O)c1cc2c([nH]1)[C@H](NCc1ccccc1)CC2. The van der Waals surface area contributed by atoms with E-state index in [9.17, 15) is 51.6 Å². The largest absolute Gasteiger partial charge is 0.477 e. The third kappa shape index (κ3) is 25.7. The molecule has 12 aromatic rings. The van der Waals surface area contributed by atoms with Gasteiger partial charge in [-0.05, 0) is 288 Å². The van der Waals surface area contributed by atoms with Gasteiger partial charge in [-0.15, -0.1) is 0 Å². The number of nitrogens with one attached hydrogen (secondary N) is 13. The highest BCUT2D eigenvalue weighted by molar-refractivity contribution is 7.88. The molecule has 706 valence electrons. The molecule has 0 radical (unpaired) electrons. The topological polar surface area (TPSA) is 536 Å². The molecule has 8 heterocycles. The van der Waals surface area contributed by atoms with Crippen molar-refractivity contribution in [1.29, 1.82) is 0 Å². The van der Waals surface area contributed by atoms with E-state index in [1.54, 1.807) is 42.5 Å². The van der Waals surface area contributed by atoms with Crippen LogP contribution in [0.3, 0.4) is 0 Å². The van der Waals surface area contributed by atoms with E-state index < -0.39 is 57.8 Å². The van der Waals surface area contributed by atoms with Crippen molar-refractivity contribution in [3.05, 3.63) is 328 Å². The lowest BCUT2D eigenvalue weighted by Crippen LogP contribution is -2.26. The van der Waals surface area contributed by atoms with Crippen LogP contribution < -0.4 is 26.0 Å². The zero-order valence-corrected chi connectivity index (χ0v) is 76.0. The molecule has 0 unspecified atom stereocenters. The van der Waals surface area contributed by atoms with Crippen LogP contribution in [0.25, 0.3) is 0 Å². The Morgan fingerprint density at radius 2 is 0.664 bits per heavy atom. The van der Waals surface area contributed by atoms with E-state index in [0.29, 0.717) is 76.8 Å². The molecule has 1 amide bonds. The van der Waals surface area contributed by atoms with Crippen molar-refractivity contribution in [3.63, 3.8) is 0 Å². The summed E-state index contributed by atoms with van der Waals surface area (Å²) in [6.07, 6.45) is 22.8. The number of amides is 1. The van der Waals surface area contributed by atoms with Gasteiger partial charge in [0.05, 0.1) is 18.3 Å².